The molecule has 3 N–H and O–H groups in total. The van der Waals surface area contributed by atoms with Crippen LogP contribution < -0.4 is 5.73 Å². The third-order valence-electron chi connectivity index (χ3n) is 3.49. The van der Waals surface area contributed by atoms with E-state index in [4.69, 9.17) is 10.8 Å². The van der Waals surface area contributed by atoms with Crippen LogP contribution >= 0.6 is 0 Å². The van der Waals surface area contributed by atoms with Crippen molar-refractivity contribution >= 4 is 11.9 Å². The molecule has 0 aromatic heterocycles. The molecule has 124 valence electrons. The molecule has 0 aromatic carbocycles. The molecule has 0 amide bonds. The number of nitrogens with two attached hydrogens (primary N) is 1. The van der Waals surface area contributed by atoms with E-state index in [-0.39, 0.29) is 6.42 Å². The Balaban J connectivity index is 3.48. The summed E-state index contributed by atoms with van der Waals surface area (Å²) in [5, 5.41) is 9.12. The van der Waals surface area contributed by atoms with Crippen LogP contribution in [0.1, 0.15) is 78.1 Å². The highest BCUT2D eigenvalue weighted by atomic mass is 16.6. The van der Waals surface area contributed by atoms with Crippen LogP contribution in [0.15, 0.2) is 0 Å². The largest absolute Gasteiger partial charge is 0.392 e. The Morgan fingerprint density at radius 1 is 1.00 bits per heavy atom. The van der Waals surface area contributed by atoms with E-state index in [9.17, 15) is 9.59 Å². The Kier molecular flexibility index (Phi) is 12.2. The number of hydrogen-bond acceptors (Lipinski definition) is 5. The maximum atomic E-state index is 11.4. The first-order chi connectivity index (χ1) is 9.99. The highest BCUT2D eigenvalue weighted by Crippen LogP contribution is 2.10. The maximum absolute atomic E-state index is 11.4. The Bertz CT molecular complexity index is 292. The van der Waals surface area contributed by atoms with Crippen LogP contribution in [0, 0.1) is 0 Å². The lowest BCUT2D eigenvalue weighted by atomic mass is 10.1. The van der Waals surface area contributed by atoms with Crippen molar-refractivity contribution in [2.24, 2.45) is 5.73 Å². The zero-order valence-electron chi connectivity index (χ0n) is 13.5. The lowest BCUT2D eigenvalue weighted by Gasteiger charge is -2.12. The van der Waals surface area contributed by atoms with Crippen molar-refractivity contribution in [3.8, 4) is 0 Å². The van der Waals surface area contributed by atoms with Crippen molar-refractivity contribution in [3.63, 3.8) is 0 Å². The van der Waals surface area contributed by atoms with Crippen molar-refractivity contribution in [3.05, 3.63) is 0 Å². The number of unbranched alkanes of at least 4 members (excludes halogenated alkanes) is 8. The summed E-state index contributed by atoms with van der Waals surface area (Å²) in [5.41, 5.74) is 5.38. The number of aliphatic hydroxyl groups is 1. The first-order valence-corrected chi connectivity index (χ1v) is 8.17. The van der Waals surface area contributed by atoms with E-state index in [1.54, 1.807) is 0 Å². The molecule has 0 bridgehead atoms. The first kappa shape index (κ1) is 20.1. The normalized spacial score (nSPS) is 13.7. The van der Waals surface area contributed by atoms with Gasteiger partial charge in [0.1, 0.15) is 6.04 Å². The first-order valence-electron chi connectivity index (χ1n) is 8.17. The topological polar surface area (TPSA) is 89.6 Å². The summed E-state index contributed by atoms with van der Waals surface area (Å²) in [4.78, 5) is 22.7. The quantitative estimate of drug-likeness (QED) is 0.328. The standard InChI is InChI=1S/C16H31NO4/c1-3-4-5-6-7-8-9-10-11-12-14(19)21-16(20)15(17)13(2)18/h13,15,18H,3-12,17H2,1-2H3/t13-,15+/m1/s1. The predicted octanol–water partition coefficient (Wildman–Crippen LogP) is 2.69. The van der Waals surface area contributed by atoms with Crippen molar-refractivity contribution in [1.82, 2.24) is 0 Å². The summed E-state index contributed by atoms with van der Waals surface area (Å²) >= 11 is 0. The summed E-state index contributed by atoms with van der Waals surface area (Å²) in [6.45, 7) is 3.59. The van der Waals surface area contributed by atoms with Gasteiger partial charge < -0.3 is 15.6 Å². The van der Waals surface area contributed by atoms with Gasteiger partial charge in [-0.1, -0.05) is 58.3 Å². The summed E-state index contributed by atoms with van der Waals surface area (Å²) in [5.74, 6) is -1.41. The van der Waals surface area contributed by atoms with Crippen LogP contribution in [0.2, 0.25) is 0 Å². The second-order valence-corrected chi connectivity index (χ2v) is 5.64. The van der Waals surface area contributed by atoms with Gasteiger partial charge in [0.15, 0.2) is 0 Å². The lowest BCUT2D eigenvalue weighted by Crippen LogP contribution is -2.42. The monoisotopic (exact) mass is 301 g/mol. The molecule has 0 radical (unpaired) electrons. The Morgan fingerprint density at radius 2 is 1.48 bits per heavy atom. The van der Waals surface area contributed by atoms with Gasteiger partial charge in [0.25, 0.3) is 0 Å². The number of esters is 2. The van der Waals surface area contributed by atoms with Crippen LogP contribution in [-0.4, -0.2) is 29.2 Å². The van der Waals surface area contributed by atoms with Crippen LogP contribution in [0.5, 0.6) is 0 Å². The van der Waals surface area contributed by atoms with E-state index in [2.05, 4.69) is 11.7 Å². The van der Waals surface area contributed by atoms with Crippen molar-refractivity contribution < 1.29 is 19.4 Å². The van der Waals surface area contributed by atoms with Gasteiger partial charge in [0.2, 0.25) is 0 Å². The molecule has 0 aromatic rings. The minimum atomic E-state index is -1.16. The minimum absolute atomic E-state index is 0.230. The summed E-state index contributed by atoms with van der Waals surface area (Å²) < 4.78 is 4.58. The van der Waals surface area contributed by atoms with Gasteiger partial charge in [0.05, 0.1) is 6.10 Å². The highest BCUT2D eigenvalue weighted by Gasteiger charge is 2.22. The fourth-order valence-electron chi connectivity index (χ4n) is 2.01. The number of aliphatic hydroxyl groups excluding tert-OH is 1. The second kappa shape index (κ2) is 12.8. The fourth-order valence-corrected chi connectivity index (χ4v) is 2.01. The molecule has 0 saturated carbocycles. The van der Waals surface area contributed by atoms with E-state index in [0.717, 1.165) is 19.3 Å². The van der Waals surface area contributed by atoms with Gasteiger partial charge in [-0.15, -0.1) is 0 Å². The molecule has 0 spiro atoms. The van der Waals surface area contributed by atoms with Crippen LogP contribution in [0.3, 0.4) is 0 Å². The molecule has 0 fully saturated rings. The number of carbonyl (C=O) groups is 2. The average Bonchev–Trinajstić information content (AvgIpc) is 2.44. The van der Waals surface area contributed by atoms with Crippen molar-refractivity contribution in [1.29, 1.82) is 0 Å². The van der Waals surface area contributed by atoms with Gasteiger partial charge in [-0.2, -0.15) is 0 Å². The minimum Gasteiger partial charge on any atom is -0.392 e. The molecule has 0 saturated heterocycles. The van der Waals surface area contributed by atoms with Crippen LogP contribution in [0.4, 0.5) is 0 Å². The van der Waals surface area contributed by atoms with Gasteiger partial charge in [-0.3, -0.25) is 4.79 Å². The molecular weight excluding hydrogens is 270 g/mol. The molecule has 0 unspecified atom stereocenters. The van der Waals surface area contributed by atoms with E-state index in [0.29, 0.717) is 0 Å². The summed E-state index contributed by atoms with van der Waals surface area (Å²) in [6.07, 6.45) is 9.66. The Hall–Kier alpha value is -0.940. The van der Waals surface area contributed by atoms with Crippen LogP contribution in [0.25, 0.3) is 0 Å². The van der Waals surface area contributed by atoms with E-state index >= 15 is 0 Å². The zero-order chi connectivity index (χ0) is 16.1. The molecule has 2 atom stereocenters. The van der Waals surface area contributed by atoms with E-state index in [1.165, 1.54) is 45.4 Å². The number of hydrogen-bond donors (Lipinski definition) is 2. The third kappa shape index (κ3) is 11.4. The number of ether oxygens (including phenoxy) is 1. The van der Waals surface area contributed by atoms with Gasteiger partial charge in [0, 0.05) is 6.42 Å². The average molecular weight is 301 g/mol. The molecule has 0 heterocycles. The summed E-state index contributed by atoms with van der Waals surface area (Å²) in [7, 11) is 0. The van der Waals surface area contributed by atoms with Gasteiger partial charge >= 0.3 is 11.9 Å². The molecule has 5 nitrogen and oxygen atoms in total. The second-order valence-electron chi connectivity index (χ2n) is 5.64. The molecule has 0 aliphatic carbocycles. The number of rotatable bonds is 12. The van der Waals surface area contributed by atoms with Crippen LogP contribution in [-0.2, 0) is 14.3 Å². The van der Waals surface area contributed by atoms with Gasteiger partial charge in [-0.25, -0.2) is 4.79 Å². The molecule has 0 aliphatic heterocycles. The van der Waals surface area contributed by atoms with E-state index < -0.39 is 24.1 Å². The Morgan fingerprint density at radius 3 is 1.95 bits per heavy atom. The van der Waals surface area contributed by atoms with Crippen molar-refractivity contribution in [2.75, 3.05) is 0 Å². The number of carbonyl (C=O) groups excluding carboxylic acids is 2. The molecule has 0 rings (SSSR count). The smallest absolute Gasteiger partial charge is 0.333 e. The molecule has 5 heteroatoms. The molecule has 21 heavy (non-hydrogen) atoms. The zero-order valence-corrected chi connectivity index (χ0v) is 13.5. The summed E-state index contributed by atoms with van der Waals surface area (Å²) in [6, 6.07) is -1.16. The lowest BCUT2D eigenvalue weighted by molar-refractivity contribution is -0.162. The molecule has 0 aliphatic rings. The fraction of sp³-hybridized carbons (Fsp3) is 0.875. The third-order valence-corrected chi connectivity index (χ3v) is 3.49. The maximum Gasteiger partial charge on any atom is 0.333 e. The predicted molar refractivity (Wildman–Crippen MR) is 82.6 cm³/mol. The highest BCUT2D eigenvalue weighted by molar-refractivity contribution is 5.88. The Labute approximate surface area is 128 Å². The van der Waals surface area contributed by atoms with Crippen molar-refractivity contribution in [2.45, 2.75) is 90.2 Å². The van der Waals surface area contributed by atoms with E-state index in [1.807, 2.05) is 0 Å². The SMILES string of the molecule is CCCCCCCCCCCC(=O)OC(=O)[C@@H](N)[C@@H](C)O. The molecular formula is C16H31NO4. The van der Waals surface area contributed by atoms with Gasteiger partial charge in [-0.05, 0) is 13.3 Å².